The Kier molecular flexibility index (Phi) is 5.36. The minimum atomic E-state index is -0.616. The first kappa shape index (κ1) is 18.4. The molecule has 1 aromatic heterocycles. The topological polar surface area (TPSA) is 49.8 Å². The second-order valence-electron chi connectivity index (χ2n) is 6.56. The molecule has 2 aromatic rings. The molecule has 5 nitrogen and oxygen atoms in total. The van der Waals surface area contributed by atoms with Gasteiger partial charge >= 0.3 is 0 Å². The van der Waals surface area contributed by atoms with Crippen molar-refractivity contribution in [3.63, 3.8) is 0 Å². The van der Waals surface area contributed by atoms with Gasteiger partial charge < -0.3 is 18.9 Å². The summed E-state index contributed by atoms with van der Waals surface area (Å²) in [5.41, 5.74) is 0.752. The van der Waals surface area contributed by atoms with E-state index >= 15 is 0 Å². The van der Waals surface area contributed by atoms with E-state index in [2.05, 4.69) is 29.2 Å². The van der Waals surface area contributed by atoms with Gasteiger partial charge in [-0.3, -0.25) is 0 Å². The largest absolute Gasteiger partial charge is 0.381 e. The number of aromatic nitrogens is 1. The van der Waals surface area contributed by atoms with Crippen LogP contribution in [0.2, 0.25) is 0 Å². The summed E-state index contributed by atoms with van der Waals surface area (Å²) in [4.78, 5) is 5.82. The Balaban J connectivity index is 1.47. The van der Waals surface area contributed by atoms with Gasteiger partial charge in [0.25, 0.3) is 0 Å². The Hall–Kier alpha value is -0.960. The average Bonchev–Trinajstić information content (AvgIpc) is 3.33. The molecule has 0 N–H and O–H groups in total. The van der Waals surface area contributed by atoms with Crippen LogP contribution in [0.3, 0.4) is 0 Å². The summed E-state index contributed by atoms with van der Waals surface area (Å²) in [6, 6.07) is 8.36. The molecule has 0 amide bonds. The van der Waals surface area contributed by atoms with Gasteiger partial charge in [-0.15, -0.1) is 11.3 Å². The zero-order chi connectivity index (χ0) is 18.0. The highest BCUT2D eigenvalue weighted by Crippen LogP contribution is 2.41. The molecule has 0 unspecified atom stereocenters. The van der Waals surface area contributed by atoms with Crippen LogP contribution in [0.5, 0.6) is 0 Å². The summed E-state index contributed by atoms with van der Waals surface area (Å²) >= 11 is 3.43. The maximum atomic E-state index is 5.84. The lowest BCUT2D eigenvalue weighted by Crippen LogP contribution is -2.35. The highest BCUT2D eigenvalue weighted by molar-refractivity contribution is 8.01. The maximum absolute atomic E-state index is 5.84. The standard InChI is InChI=1S/C19H23NO4S2/c1-18(23-11-12-24-18)14-3-5-15(6-4-14)25-16-13-20-17(26-16)19(21-2)7-9-22-10-8-19/h3-6,13H,7-12H2,1-2H3. The van der Waals surface area contributed by atoms with Crippen molar-refractivity contribution in [2.24, 2.45) is 0 Å². The second-order valence-corrected chi connectivity index (χ2v) is 8.97. The quantitative estimate of drug-likeness (QED) is 0.760. The van der Waals surface area contributed by atoms with Crippen molar-refractivity contribution >= 4 is 23.1 Å². The lowest BCUT2D eigenvalue weighted by molar-refractivity contribution is -0.149. The van der Waals surface area contributed by atoms with Gasteiger partial charge in [-0.1, -0.05) is 23.9 Å². The summed E-state index contributed by atoms with van der Waals surface area (Å²) in [6.07, 6.45) is 3.65. The van der Waals surface area contributed by atoms with Gasteiger partial charge in [0.05, 0.1) is 23.6 Å². The van der Waals surface area contributed by atoms with E-state index in [9.17, 15) is 0 Å². The van der Waals surface area contributed by atoms with Crippen molar-refractivity contribution in [1.29, 1.82) is 0 Å². The van der Waals surface area contributed by atoms with Crippen LogP contribution in [0.4, 0.5) is 0 Å². The lowest BCUT2D eigenvalue weighted by atomic mass is 9.95. The van der Waals surface area contributed by atoms with Crippen molar-refractivity contribution < 1.29 is 18.9 Å². The number of thiazole rings is 1. The van der Waals surface area contributed by atoms with E-state index in [1.54, 1.807) is 30.2 Å². The second kappa shape index (κ2) is 7.58. The molecule has 0 radical (unpaired) electrons. The van der Waals surface area contributed by atoms with Gasteiger partial charge in [0.2, 0.25) is 0 Å². The Morgan fingerprint density at radius 2 is 1.77 bits per heavy atom. The third-order valence-corrected chi connectivity index (χ3v) is 7.29. The van der Waals surface area contributed by atoms with E-state index < -0.39 is 5.79 Å². The first-order valence-electron chi connectivity index (χ1n) is 8.79. The van der Waals surface area contributed by atoms with Crippen LogP contribution in [0.25, 0.3) is 0 Å². The van der Waals surface area contributed by atoms with Gasteiger partial charge in [-0.2, -0.15) is 0 Å². The Labute approximate surface area is 162 Å². The first-order valence-corrected chi connectivity index (χ1v) is 10.4. The van der Waals surface area contributed by atoms with E-state index in [0.717, 1.165) is 40.8 Å². The summed E-state index contributed by atoms with van der Waals surface area (Å²) in [7, 11) is 1.77. The highest BCUT2D eigenvalue weighted by atomic mass is 32.2. The van der Waals surface area contributed by atoms with Crippen LogP contribution >= 0.6 is 23.1 Å². The fourth-order valence-electron chi connectivity index (χ4n) is 3.35. The number of rotatable bonds is 5. The molecule has 2 saturated heterocycles. The molecule has 1 aromatic carbocycles. The number of benzene rings is 1. The fraction of sp³-hybridized carbons (Fsp3) is 0.526. The van der Waals surface area contributed by atoms with Crippen LogP contribution < -0.4 is 0 Å². The number of ether oxygens (including phenoxy) is 4. The van der Waals surface area contributed by atoms with E-state index in [1.165, 1.54) is 4.90 Å². The summed E-state index contributed by atoms with van der Waals surface area (Å²) < 4.78 is 23.9. The van der Waals surface area contributed by atoms with Crippen LogP contribution in [0.1, 0.15) is 30.3 Å². The third-order valence-electron chi connectivity index (χ3n) is 5.00. The molecule has 3 heterocycles. The van der Waals surface area contributed by atoms with Crippen molar-refractivity contribution in [1.82, 2.24) is 4.98 Å². The molecule has 2 aliphatic heterocycles. The van der Waals surface area contributed by atoms with E-state index in [0.29, 0.717) is 13.2 Å². The van der Waals surface area contributed by atoms with Gasteiger partial charge in [0, 0.05) is 43.6 Å². The van der Waals surface area contributed by atoms with Crippen molar-refractivity contribution in [3.05, 3.63) is 41.0 Å². The van der Waals surface area contributed by atoms with Gasteiger partial charge in [-0.05, 0) is 19.1 Å². The molecule has 0 saturated carbocycles. The van der Waals surface area contributed by atoms with E-state index in [-0.39, 0.29) is 5.60 Å². The molecular weight excluding hydrogens is 370 g/mol. The Morgan fingerprint density at radius 3 is 2.42 bits per heavy atom. The Morgan fingerprint density at radius 1 is 1.08 bits per heavy atom. The zero-order valence-electron chi connectivity index (χ0n) is 15.0. The molecule has 4 rings (SSSR count). The van der Waals surface area contributed by atoms with Gasteiger partial charge in [0.1, 0.15) is 10.6 Å². The van der Waals surface area contributed by atoms with Crippen molar-refractivity contribution in [2.45, 2.75) is 40.3 Å². The molecule has 140 valence electrons. The molecule has 26 heavy (non-hydrogen) atoms. The molecule has 0 atom stereocenters. The number of hydrogen-bond acceptors (Lipinski definition) is 7. The molecule has 0 spiro atoms. The fourth-order valence-corrected chi connectivity index (χ4v) is 5.52. The molecule has 0 bridgehead atoms. The predicted octanol–water partition coefficient (Wildman–Crippen LogP) is 4.17. The predicted molar refractivity (Wildman–Crippen MR) is 101 cm³/mol. The number of hydrogen-bond donors (Lipinski definition) is 0. The van der Waals surface area contributed by atoms with Crippen LogP contribution in [-0.4, -0.2) is 38.5 Å². The minimum absolute atomic E-state index is 0.294. The molecule has 0 aliphatic carbocycles. The van der Waals surface area contributed by atoms with E-state index in [4.69, 9.17) is 18.9 Å². The molecule has 2 aliphatic rings. The maximum Gasteiger partial charge on any atom is 0.192 e. The summed E-state index contributed by atoms with van der Waals surface area (Å²) in [6.45, 7) is 4.70. The first-order chi connectivity index (χ1) is 12.6. The molecular formula is C19H23NO4S2. The van der Waals surface area contributed by atoms with E-state index in [1.807, 2.05) is 13.1 Å². The molecule has 2 fully saturated rings. The van der Waals surface area contributed by atoms with Crippen LogP contribution in [-0.2, 0) is 30.3 Å². The number of methoxy groups -OCH3 is 1. The van der Waals surface area contributed by atoms with Gasteiger partial charge in [0.15, 0.2) is 5.79 Å². The zero-order valence-corrected chi connectivity index (χ0v) is 16.7. The number of nitrogens with zero attached hydrogens (tertiary/aromatic N) is 1. The summed E-state index contributed by atoms with van der Waals surface area (Å²) in [5.74, 6) is -0.616. The molecule has 7 heteroatoms. The van der Waals surface area contributed by atoms with Gasteiger partial charge in [-0.25, -0.2) is 4.98 Å². The lowest BCUT2D eigenvalue weighted by Gasteiger charge is -2.33. The normalized spacial score (nSPS) is 21.8. The van der Waals surface area contributed by atoms with Crippen molar-refractivity contribution in [2.75, 3.05) is 33.5 Å². The monoisotopic (exact) mass is 393 g/mol. The van der Waals surface area contributed by atoms with Crippen molar-refractivity contribution in [3.8, 4) is 0 Å². The van der Waals surface area contributed by atoms with Crippen LogP contribution in [0.15, 0.2) is 39.6 Å². The Bertz CT molecular complexity index is 734. The smallest absolute Gasteiger partial charge is 0.192 e. The SMILES string of the molecule is COC1(c2ncc(Sc3ccc(C4(C)OCCO4)cc3)s2)CCOCC1. The highest BCUT2D eigenvalue weighted by Gasteiger charge is 2.37. The minimum Gasteiger partial charge on any atom is -0.381 e. The summed E-state index contributed by atoms with van der Waals surface area (Å²) in [5, 5.41) is 1.04. The third kappa shape index (κ3) is 3.56. The van der Waals surface area contributed by atoms with Crippen LogP contribution in [0, 0.1) is 0 Å². The average molecular weight is 394 g/mol.